The molecule has 3 aromatic rings. The van der Waals surface area contributed by atoms with Crippen molar-refractivity contribution >= 4 is 0 Å². The first-order valence-electron chi connectivity index (χ1n) is 11.4. The van der Waals surface area contributed by atoms with E-state index in [1.165, 1.54) is 18.2 Å². The van der Waals surface area contributed by atoms with Crippen molar-refractivity contribution in [3.63, 3.8) is 0 Å². The van der Waals surface area contributed by atoms with Crippen LogP contribution in [0.15, 0.2) is 66.9 Å². The molecule has 34 heavy (non-hydrogen) atoms. The molecule has 8 heteroatoms. The van der Waals surface area contributed by atoms with Crippen LogP contribution in [0, 0.1) is 5.82 Å². The summed E-state index contributed by atoms with van der Waals surface area (Å²) in [4.78, 5) is 4.52. The molecule has 0 N–H and O–H groups in total. The van der Waals surface area contributed by atoms with Crippen LogP contribution < -0.4 is 0 Å². The van der Waals surface area contributed by atoms with Gasteiger partial charge in [0, 0.05) is 63.3 Å². The van der Waals surface area contributed by atoms with Crippen LogP contribution in [0.3, 0.4) is 0 Å². The molecule has 1 fully saturated rings. The summed E-state index contributed by atoms with van der Waals surface area (Å²) < 4.78 is 61.1. The number of halogens is 4. The lowest BCUT2D eigenvalue weighted by molar-refractivity contribution is -0.137. The third-order valence-corrected chi connectivity index (χ3v) is 6.10. The topological polar surface area (TPSA) is 20.6 Å². The monoisotopic (exact) mass is 475 g/mol. The van der Waals surface area contributed by atoms with Crippen molar-refractivity contribution < 1.29 is 22.3 Å². The van der Waals surface area contributed by atoms with Gasteiger partial charge < -0.3 is 9.30 Å². The first-order valence-corrected chi connectivity index (χ1v) is 11.4. The van der Waals surface area contributed by atoms with Crippen LogP contribution in [0.4, 0.5) is 17.6 Å². The molecule has 1 saturated heterocycles. The van der Waals surface area contributed by atoms with Gasteiger partial charge in [-0.25, -0.2) is 4.39 Å². The Labute approximate surface area is 197 Å². The van der Waals surface area contributed by atoms with Crippen molar-refractivity contribution in [3.8, 4) is 0 Å². The van der Waals surface area contributed by atoms with Crippen molar-refractivity contribution in [1.29, 1.82) is 0 Å². The van der Waals surface area contributed by atoms with Gasteiger partial charge in [0.05, 0.1) is 18.8 Å². The van der Waals surface area contributed by atoms with Crippen molar-refractivity contribution in [2.45, 2.75) is 25.8 Å². The van der Waals surface area contributed by atoms with Crippen LogP contribution in [-0.4, -0.2) is 53.8 Å². The predicted octanol–water partition coefficient (Wildman–Crippen LogP) is 5.03. The second kappa shape index (κ2) is 11.2. The number of morpholine rings is 1. The van der Waals surface area contributed by atoms with Crippen LogP contribution in [0.25, 0.3) is 0 Å². The van der Waals surface area contributed by atoms with Crippen LogP contribution in [0.1, 0.15) is 22.4 Å². The molecule has 0 amide bonds. The summed E-state index contributed by atoms with van der Waals surface area (Å²) in [5, 5.41) is 0. The first-order chi connectivity index (χ1) is 16.4. The first kappa shape index (κ1) is 24.4. The van der Waals surface area contributed by atoms with Gasteiger partial charge >= 0.3 is 6.18 Å². The zero-order valence-electron chi connectivity index (χ0n) is 19.0. The van der Waals surface area contributed by atoms with E-state index in [2.05, 4.69) is 9.80 Å². The maximum Gasteiger partial charge on any atom is 0.416 e. The largest absolute Gasteiger partial charge is 0.416 e. The molecule has 4 rings (SSSR count). The highest BCUT2D eigenvalue weighted by atomic mass is 19.4. The highest BCUT2D eigenvalue weighted by Gasteiger charge is 2.30. The lowest BCUT2D eigenvalue weighted by Crippen LogP contribution is -2.41. The quantitative estimate of drug-likeness (QED) is 0.405. The summed E-state index contributed by atoms with van der Waals surface area (Å²) in [5.74, 6) is -0.238. The lowest BCUT2D eigenvalue weighted by atomic mass is 10.1. The maximum atomic E-state index is 14.4. The smallest absolute Gasteiger partial charge is 0.379 e. The molecule has 0 saturated carbocycles. The highest BCUT2D eigenvalue weighted by molar-refractivity contribution is 5.26. The minimum Gasteiger partial charge on any atom is -0.379 e. The van der Waals surface area contributed by atoms with Gasteiger partial charge in [-0.3, -0.25) is 9.80 Å². The summed E-state index contributed by atoms with van der Waals surface area (Å²) in [6, 6.07) is 16.0. The number of benzene rings is 2. The van der Waals surface area contributed by atoms with Gasteiger partial charge in [0.1, 0.15) is 5.82 Å². The molecular weight excluding hydrogens is 446 g/mol. The van der Waals surface area contributed by atoms with Crippen LogP contribution in [0.2, 0.25) is 0 Å². The summed E-state index contributed by atoms with van der Waals surface area (Å²) >= 11 is 0. The van der Waals surface area contributed by atoms with Crippen molar-refractivity contribution in [2.24, 2.45) is 0 Å². The normalized spacial score (nSPS) is 15.2. The zero-order chi connectivity index (χ0) is 24.0. The summed E-state index contributed by atoms with van der Waals surface area (Å²) in [7, 11) is 0. The molecule has 1 aliphatic rings. The van der Waals surface area contributed by atoms with Crippen LogP contribution in [-0.2, 0) is 30.5 Å². The maximum absolute atomic E-state index is 14.4. The van der Waals surface area contributed by atoms with Gasteiger partial charge in [0.2, 0.25) is 0 Å². The van der Waals surface area contributed by atoms with Crippen LogP contribution >= 0.6 is 0 Å². The van der Waals surface area contributed by atoms with E-state index < -0.39 is 11.7 Å². The molecule has 182 valence electrons. The summed E-state index contributed by atoms with van der Waals surface area (Å²) in [6.45, 7) is 6.11. The van der Waals surface area contributed by atoms with Gasteiger partial charge in [0.25, 0.3) is 0 Å². The van der Waals surface area contributed by atoms with E-state index >= 15 is 0 Å². The molecule has 1 aliphatic heterocycles. The SMILES string of the molecule is Fc1ccccc1CN(CCN1CCOCC1)Cc1cccn1Cc1cccc(C(F)(F)F)c1. The molecule has 0 bridgehead atoms. The number of rotatable bonds is 9. The number of hydrogen-bond acceptors (Lipinski definition) is 3. The Morgan fingerprint density at radius 2 is 1.71 bits per heavy atom. The lowest BCUT2D eigenvalue weighted by Gasteiger charge is -2.30. The second-order valence-corrected chi connectivity index (χ2v) is 8.58. The number of aromatic nitrogens is 1. The van der Waals surface area contributed by atoms with Gasteiger partial charge in [-0.15, -0.1) is 0 Å². The molecule has 2 heterocycles. The average molecular weight is 476 g/mol. The molecule has 0 radical (unpaired) electrons. The van der Waals surface area contributed by atoms with Crippen molar-refractivity contribution in [1.82, 2.24) is 14.4 Å². The van der Waals surface area contributed by atoms with Crippen LogP contribution in [0.5, 0.6) is 0 Å². The minimum atomic E-state index is -4.37. The minimum absolute atomic E-state index is 0.238. The number of hydrogen-bond donors (Lipinski definition) is 0. The predicted molar refractivity (Wildman–Crippen MR) is 123 cm³/mol. The molecule has 0 unspecified atom stereocenters. The van der Waals surface area contributed by atoms with Gasteiger partial charge in [0.15, 0.2) is 0 Å². The van der Waals surface area contributed by atoms with E-state index in [1.807, 2.05) is 29.0 Å². The Morgan fingerprint density at radius 3 is 2.47 bits per heavy atom. The van der Waals surface area contributed by atoms with E-state index in [0.29, 0.717) is 44.0 Å². The van der Waals surface area contributed by atoms with Gasteiger partial charge in [-0.2, -0.15) is 13.2 Å². The van der Waals surface area contributed by atoms with Crippen molar-refractivity contribution in [3.05, 3.63) is 95.1 Å². The fourth-order valence-electron chi connectivity index (χ4n) is 4.21. The number of nitrogens with zero attached hydrogens (tertiary/aromatic N) is 3. The molecule has 0 spiro atoms. The van der Waals surface area contributed by atoms with E-state index in [1.54, 1.807) is 18.2 Å². The Morgan fingerprint density at radius 1 is 0.912 bits per heavy atom. The van der Waals surface area contributed by atoms with E-state index in [0.717, 1.165) is 37.9 Å². The Kier molecular flexibility index (Phi) is 8.03. The molecule has 0 atom stereocenters. The third-order valence-electron chi connectivity index (χ3n) is 6.10. The number of ether oxygens (including phenoxy) is 1. The van der Waals surface area contributed by atoms with Gasteiger partial charge in [-0.05, 0) is 35.9 Å². The summed E-state index contributed by atoms with van der Waals surface area (Å²) in [6.07, 6.45) is -2.50. The summed E-state index contributed by atoms with van der Waals surface area (Å²) in [5.41, 5.74) is 1.53. The fraction of sp³-hybridized carbons (Fsp3) is 0.385. The molecular formula is C26H29F4N3O. The Hall–Kier alpha value is -2.68. The third kappa shape index (κ3) is 6.68. The standard InChI is InChI=1S/C26H29F4N3O/c27-25-9-2-1-6-22(25)19-32(12-11-31-13-15-34-16-14-31)20-24-8-4-10-33(24)18-21-5-3-7-23(17-21)26(28,29)30/h1-10,17H,11-16,18-20H2. The molecule has 2 aromatic carbocycles. The fourth-order valence-corrected chi connectivity index (χ4v) is 4.21. The number of alkyl halides is 3. The Bertz CT molecular complexity index is 1060. The molecule has 0 aliphatic carbocycles. The molecule has 4 nitrogen and oxygen atoms in total. The van der Waals surface area contributed by atoms with Gasteiger partial charge in [-0.1, -0.05) is 30.3 Å². The van der Waals surface area contributed by atoms with E-state index in [-0.39, 0.29) is 5.82 Å². The Balaban J connectivity index is 1.48. The molecule has 1 aromatic heterocycles. The highest BCUT2D eigenvalue weighted by Crippen LogP contribution is 2.29. The van der Waals surface area contributed by atoms with E-state index in [9.17, 15) is 17.6 Å². The van der Waals surface area contributed by atoms with Crippen molar-refractivity contribution in [2.75, 3.05) is 39.4 Å². The van der Waals surface area contributed by atoms with E-state index in [4.69, 9.17) is 4.74 Å². The average Bonchev–Trinajstić information content (AvgIpc) is 3.25. The zero-order valence-corrected chi connectivity index (χ0v) is 19.0. The second-order valence-electron chi connectivity index (χ2n) is 8.58.